The Balaban J connectivity index is 0.00000131. The molecule has 0 spiro atoms. The summed E-state index contributed by atoms with van der Waals surface area (Å²) in [6.45, 7) is 7.91. The molecule has 1 aromatic carbocycles. The van der Waals surface area contributed by atoms with Gasteiger partial charge in [-0.15, -0.1) is 36.2 Å². The predicted octanol–water partition coefficient (Wildman–Crippen LogP) is 4.47. The fourth-order valence-corrected chi connectivity index (χ4v) is 4.73. The number of benzene rings is 1. The van der Waals surface area contributed by atoms with Gasteiger partial charge < -0.3 is 15.2 Å². The molecule has 7 heteroatoms. The largest absolute Gasteiger partial charge is 0.504 e. The molecule has 4 nitrogen and oxygen atoms in total. The van der Waals surface area contributed by atoms with E-state index in [2.05, 4.69) is 35.3 Å². The van der Waals surface area contributed by atoms with E-state index >= 15 is 0 Å². The molecule has 4 rings (SSSR count). The van der Waals surface area contributed by atoms with Crippen LogP contribution in [0.15, 0.2) is 24.3 Å². The standard InChI is InChI=1S/C20H26N2O2S.2ClH/c1-14-2-3-19(25-14)16-10-17-13-22(12-15-4-6-21-7-5-15)8-9-24-20(17)18(23)11-16;;/h2-3,10-11,15,21,23H,4-9,12-13H2,1H3;2*1H. The average molecular weight is 431 g/mol. The second-order valence-electron chi connectivity index (χ2n) is 7.17. The van der Waals surface area contributed by atoms with Crippen molar-refractivity contribution in [1.29, 1.82) is 0 Å². The van der Waals surface area contributed by atoms with Crippen molar-refractivity contribution >= 4 is 36.2 Å². The highest BCUT2D eigenvalue weighted by atomic mass is 35.5. The van der Waals surface area contributed by atoms with Gasteiger partial charge in [-0.3, -0.25) is 4.90 Å². The van der Waals surface area contributed by atoms with E-state index in [4.69, 9.17) is 4.74 Å². The lowest BCUT2D eigenvalue weighted by atomic mass is 9.97. The summed E-state index contributed by atoms with van der Waals surface area (Å²) >= 11 is 1.76. The van der Waals surface area contributed by atoms with Gasteiger partial charge in [-0.1, -0.05) is 0 Å². The number of aryl methyl sites for hydroxylation is 1. The molecule has 0 saturated carbocycles. The van der Waals surface area contributed by atoms with Gasteiger partial charge in [0.1, 0.15) is 6.61 Å². The maximum absolute atomic E-state index is 10.5. The summed E-state index contributed by atoms with van der Waals surface area (Å²) in [7, 11) is 0. The van der Waals surface area contributed by atoms with Gasteiger partial charge in [-0.25, -0.2) is 0 Å². The molecule has 0 unspecified atom stereocenters. The number of nitrogens with one attached hydrogen (secondary N) is 1. The van der Waals surface area contributed by atoms with Crippen LogP contribution in [0, 0.1) is 12.8 Å². The second-order valence-corrected chi connectivity index (χ2v) is 8.46. The molecule has 0 atom stereocenters. The number of hydrogen-bond acceptors (Lipinski definition) is 5. The minimum absolute atomic E-state index is 0. The third-order valence-electron chi connectivity index (χ3n) is 5.19. The molecule has 27 heavy (non-hydrogen) atoms. The first-order valence-electron chi connectivity index (χ1n) is 9.17. The molecule has 2 aliphatic rings. The van der Waals surface area contributed by atoms with E-state index in [9.17, 15) is 5.11 Å². The van der Waals surface area contributed by atoms with Crippen LogP contribution in [0.1, 0.15) is 23.3 Å². The zero-order valence-corrected chi connectivity index (χ0v) is 18.0. The monoisotopic (exact) mass is 430 g/mol. The van der Waals surface area contributed by atoms with Crippen LogP contribution in [0.25, 0.3) is 10.4 Å². The number of fused-ring (bicyclic) bond motifs is 1. The van der Waals surface area contributed by atoms with Crippen LogP contribution in [0.4, 0.5) is 0 Å². The Morgan fingerprint density at radius 3 is 2.70 bits per heavy atom. The Labute approximate surface area is 177 Å². The van der Waals surface area contributed by atoms with Crippen molar-refractivity contribution in [3.63, 3.8) is 0 Å². The lowest BCUT2D eigenvalue weighted by Gasteiger charge is -2.28. The number of rotatable bonds is 3. The number of phenolic OH excluding ortho intramolecular Hbond substituents is 1. The van der Waals surface area contributed by atoms with Crippen LogP contribution in [0.5, 0.6) is 11.5 Å². The van der Waals surface area contributed by atoms with E-state index in [0.717, 1.165) is 49.8 Å². The highest BCUT2D eigenvalue weighted by Gasteiger charge is 2.23. The molecule has 150 valence electrons. The number of phenols is 1. The molecule has 2 aromatic rings. The maximum atomic E-state index is 10.5. The van der Waals surface area contributed by atoms with Gasteiger partial charge in [0.05, 0.1) is 0 Å². The number of nitrogens with zero attached hydrogens (tertiary/aromatic N) is 1. The van der Waals surface area contributed by atoms with Crippen molar-refractivity contribution in [3.05, 3.63) is 34.7 Å². The first-order chi connectivity index (χ1) is 12.2. The van der Waals surface area contributed by atoms with Crippen molar-refractivity contribution in [2.75, 3.05) is 32.8 Å². The Kier molecular flexibility index (Phi) is 8.25. The Morgan fingerprint density at radius 2 is 2.00 bits per heavy atom. The Morgan fingerprint density at radius 1 is 1.22 bits per heavy atom. The van der Waals surface area contributed by atoms with Crippen molar-refractivity contribution in [3.8, 4) is 21.9 Å². The first kappa shape index (κ1) is 22.3. The topological polar surface area (TPSA) is 44.7 Å². The highest BCUT2D eigenvalue weighted by molar-refractivity contribution is 7.15. The van der Waals surface area contributed by atoms with E-state index in [1.807, 2.05) is 6.07 Å². The smallest absolute Gasteiger partial charge is 0.165 e. The number of thiophene rings is 1. The van der Waals surface area contributed by atoms with Gasteiger partial charge >= 0.3 is 0 Å². The Bertz CT molecular complexity index is 748. The SMILES string of the molecule is Cc1ccc(-c2cc(O)c3c(c2)CN(CC2CCNCC2)CCO3)s1.Cl.Cl. The fraction of sp³-hybridized carbons (Fsp3) is 0.500. The lowest BCUT2D eigenvalue weighted by Crippen LogP contribution is -2.36. The zero-order chi connectivity index (χ0) is 17.2. The lowest BCUT2D eigenvalue weighted by molar-refractivity contribution is 0.180. The second kappa shape index (κ2) is 9.99. The van der Waals surface area contributed by atoms with Crippen LogP contribution in [-0.4, -0.2) is 42.8 Å². The molecule has 1 aromatic heterocycles. The molecule has 1 saturated heterocycles. The molecule has 3 heterocycles. The van der Waals surface area contributed by atoms with Gasteiger partial charge in [-0.05, 0) is 68.6 Å². The van der Waals surface area contributed by atoms with Gasteiger partial charge in [0.15, 0.2) is 11.5 Å². The predicted molar refractivity (Wildman–Crippen MR) is 117 cm³/mol. The average Bonchev–Trinajstić information content (AvgIpc) is 2.93. The van der Waals surface area contributed by atoms with Gasteiger partial charge in [0.25, 0.3) is 0 Å². The molecule has 0 bridgehead atoms. The molecular formula is C20H28Cl2N2O2S. The quantitative estimate of drug-likeness (QED) is 0.753. The molecule has 2 aliphatic heterocycles. The summed E-state index contributed by atoms with van der Waals surface area (Å²) < 4.78 is 5.89. The van der Waals surface area contributed by atoms with Crippen LogP contribution < -0.4 is 10.1 Å². The van der Waals surface area contributed by atoms with E-state index in [0.29, 0.717) is 12.4 Å². The summed E-state index contributed by atoms with van der Waals surface area (Å²) in [4.78, 5) is 4.98. The van der Waals surface area contributed by atoms with E-state index in [-0.39, 0.29) is 30.6 Å². The molecule has 0 radical (unpaired) electrons. The summed E-state index contributed by atoms with van der Waals surface area (Å²) in [5.41, 5.74) is 2.19. The number of ether oxygens (including phenoxy) is 1. The van der Waals surface area contributed by atoms with Crippen LogP contribution in [0.3, 0.4) is 0 Å². The zero-order valence-electron chi connectivity index (χ0n) is 15.6. The van der Waals surface area contributed by atoms with Crippen molar-refractivity contribution < 1.29 is 9.84 Å². The van der Waals surface area contributed by atoms with Gasteiger partial charge in [0.2, 0.25) is 0 Å². The van der Waals surface area contributed by atoms with Gasteiger partial charge in [-0.2, -0.15) is 0 Å². The summed E-state index contributed by atoms with van der Waals surface area (Å²) in [5, 5.41) is 13.9. The van der Waals surface area contributed by atoms with E-state index in [1.165, 1.54) is 22.6 Å². The number of halogens is 2. The molecular weight excluding hydrogens is 403 g/mol. The maximum Gasteiger partial charge on any atom is 0.165 e. The first-order valence-corrected chi connectivity index (χ1v) is 9.99. The third-order valence-corrected chi connectivity index (χ3v) is 6.24. The van der Waals surface area contributed by atoms with Crippen LogP contribution >= 0.6 is 36.2 Å². The number of aromatic hydroxyl groups is 1. The molecule has 0 amide bonds. The minimum Gasteiger partial charge on any atom is -0.504 e. The fourth-order valence-electron chi connectivity index (χ4n) is 3.87. The van der Waals surface area contributed by atoms with Crippen molar-refractivity contribution in [2.45, 2.75) is 26.3 Å². The highest BCUT2D eigenvalue weighted by Crippen LogP contribution is 2.39. The van der Waals surface area contributed by atoms with Crippen molar-refractivity contribution in [2.24, 2.45) is 5.92 Å². The number of hydrogen-bond donors (Lipinski definition) is 2. The summed E-state index contributed by atoms with van der Waals surface area (Å²) in [6, 6.07) is 8.29. The normalized spacial score (nSPS) is 17.8. The minimum atomic E-state index is 0. The molecule has 0 aliphatic carbocycles. The Hall–Kier alpha value is -0.980. The summed E-state index contributed by atoms with van der Waals surface area (Å²) in [5.74, 6) is 1.70. The number of piperidine rings is 1. The molecule has 1 fully saturated rings. The van der Waals surface area contributed by atoms with Gasteiger partial charge in [0, 0.05) is 35.0 Å². The van der Waals surface area contributed by atoms with Crippen LogP contribution in [-0.2, 0) is 6.54 Å². The van der Waals surface area contributed by atoms with Crippen LogP contribution in [0.2, 0.25) is 0 Å². The van der Waals surface area contributed by atoms with E-state index in [1.54, 1.807) is 11.3 Å². The van der Waals surface area contributed by atoms with E-state index < -0.39 is 0 Å². The molecule has 2 N–H and O–H groups in total. The van der Waals surface area contributed by atoms with Crippen molar-refractivity contribution in [1.82, 2.24) is 10.2 Å². The third kappa shape index (κ3) is 5.30. The summed E-state index contributed by atoms with van der Waals surface area (Å²) in [6.07, 6.45) is 2.51.